The Labute approximate surface area is 121 Å². The van der Waals surface area contributed by atoms with E-state index >= 15 is 0 Å². The van der Waals surface area contributed by atoms with Crippen LogP contribution in [-0.4, -0.2) is 45.2 Å². The van der Waals surface area contributed by atoms with Crippen molar-refractivity contribution in [2.75, 3.05) is 40.1 Å². The summed E-state index contributed by atoms with van der Waals surface area (Å²) < 4.78 is 10.6. The van der Waals surface area contributed by atoms with Crippen LogP contribution in [0, 0.1) is 6.92 Å². The zero-order valence-electron chi connectivity index (χ0n) is 12.6. The van der Waals surface area contributed by atoms with Crippen molar-refractivity contribution in [3.8, 4) is 0 Å². The molecule has 1 aromatic carbocycles. The molecule has 1 aromatic rings. The van der Waals surface area contributed by atoms with E-state index in [0.29, 0.717) is 26.4 Å². The molecule has 20 heavy (non-hydrogen) atoms. The van der Waals surface area contributed by atoms with Gasteiger partial charge in [0.1, 0.15) is 0 Å². The van der Waals surface area contributed by atoms with Crippen molar-refractivity contribution in [2.24, 2.45) is 5.73 Å². The molecule has 1 rings (SSSR count). The van der Waals surface area contributed by atoms with Gasteiger partial charge in [0.25, 0.3) is 0 Å². The van der Waals surface area contributed by atoms with Crippen LogP contribution in [0.2, 0.25) is 0 Å². The van der Waals surface area contributed by atoms with E-state index in [4.69, 9.17) is 15.2 Å². The third-order valence-electron chi connectivity index (χ3n) is 3.77. The van der Waals surface area contributed by atoms with Crippen LogP contribution in [0.5, 0.6) is 0 Å². The van der Waals surface area contributed by atoms with Crippen LogP contribution >= 0.6 is 0 Å². The normalized spacial score (nSPS) is 14.2. The first kappa shape index (κ1) is 17.1. The predicted molar refractivity (Wildman–Crippen MR) is 80.9 cm³/mol. The van der Waals surface area contributed by atoms with Gasteiger partial charge in [-0.05, 0) is 30.9 Å². The Morgan fingerprint density at radius 2 is 1.95 bits per heavy atom. The smallest absolute Gasteiger partial charge is 0.0541 e. The molecule has 0 fully saturated rings. The van der Waals surface area contributed by atoms with Crippen LogP contribution in [0.3, 0.4) is 0 Å². The molecule has 4 heteroatoms. The second-order valence-electron chi connectivity index (χ2n) is 5.17. The van der Waals surface area contributed by atoms with Gasteiger partial charge in [-0.1, -0.05) is 24.3 Å². The maximum Gasteiger partial charge on any atom is 0.0541 e. The van der Waals surface area contributed by atoms with Crippen LogP contribution < -0.4 is 5.73 Å². The van der Waals surface area contributed by atoms with Crippen molar-refractivity contribution in [1.29, 1.82) is 0 Å². The quantitative estimate of drug-likeness (QED) is 0.640. The van der Waals surface area contributed by atoms with E-state index in [9.17, 15) is 5.11 Å². The zero-order chi connectivity index (χ0) is 14.8. The molecule has 1 atom stereocenters. The number of aliphatic hydroxyl groups excluding tert-OH is 1. The van der Waals surface area contributed by atoms with Crippen LogP contribution in [0.15, 0.2) is 24.3 Å². The van der Waals surface area contributed by atoms with Crippen molar-refractivity contribution >= 4 is 0 Å². The average molecular weight is 281 g/mol. The summed E-state index contributed by atoms with van der Waals surface area (Å²) in [6, 6.07) is 8.08. The van der Waals surface area contributed by atoms with Crippen LogP contribution in [0.1, 0.15) is 24.0 Å². The first-order chi connectivity index (χ1) is 9.70. The van der Waals surface area contributed by atoms with Gasteiger partial charge in [0.2, 0.25) is 0 Å². The summed E-state index contributed by atoms with van der Waals surface area (Å²) in [5.74, 6) is 0. The standard InChI is InChI=1S/C16H27NO3/c1-14-6-3-4-7-15(14)16(12-17,13-18)8-11-20-10-5-9-19-2/h3-4,6-7,18H,5,8-13,17H2,1-2H3. The van der Waals surface area contributed by atoms with Gasteiger partial charge in [-0.2, -0.15) is 0 Å². The molecule has 0 aliphatic heterocycles. The van der Waals surface area contributed by atoms with Crippen LogP contribution in [-0.2, 0) is 14.9 Å². The number of hydrogen-bond donors (Lipinski definition) is 2. The van der Waals surface area contributed by atoms with Crippen molar-refractivity contribution in [1.82, 2.24) is 0 Å². The Kier molecular flexibility index (Phi) is 7.77. The molecule has 0 amide bonds. The SMILES string of the molecule is COCCCOCCC(CN)(CO)c1ccccc1C. The van der Waals surface area contributed by atoms with Gasteiger partial charge in [0.15, 0.2) is 0 Å². The van der Waals surface area contributed by atoms with E-state index in [1.165, 1.54) is 0 Å². The third kappa shape index (κ3) is 4.56. The van der Waals surface area contributed by atoms with Crippen molar-refractivity contribution in [3.63, 3.8) is 0 Å². The number of hydrogen-bond acceptors (Lipinski definition) is 4. The van der Waals surface area contributed by atoms with Gasteiger partial charge in [0.05, 0.1) is 6.61 Å². The largest absolute Gasteiger partial charge is 0.395 e. The van der Waals surface area contributed by atoms with E-state index in [1.807, 2.05) is 18.2 Å². The topological polar surface area (TPSA) is 64.7 Å². The number of methoxy groups -OCH3 is 1. The number of aliphatic hydroxyl groups is 1. The van der Waals surface area contributed by atoms with Gasteiger partial charge in [0, 0.05) is 38.9 Å². The third-order valence-corrected chi connectivity index (χ3v) is 3.77. The molecule has 0 saturated heterocycles. The Hall–Kier alpha value is -0.940. The van der Waals surface area contributed by atoms with Crippen molar-refractivity contribution in [3.05, 3.63) is 35.4 Å². The maximum absolute atomic E-state index is 9.84. The highest BCUT2D eigenvalue weighted by atomic mass is 16.5. The fraction of sp³-hybridized carbons (Fsp3) is 0.625. The fourth-order valence-electron chi connectivity index (χ4n) is 2.42. The Balaban J connectivity index is 2.61. The van der Waals surface area contributed by atoms with Gasteiger partial charge < -0.3 is 20.3 Å². The lowest BCUT2D eigenvalue weighted by atomic mass is 9.76. The maximum atomic E-state index is 9.84. The molecular weight excluding hydrogens is 254 g/mol. The summed E-state index contributed by atoms with van der Waals surface area (Å²) in [4.78, 5) is 0. The number of rotatable bonds is 10. The summed E-state index contributed by atoms with van der Waals surface area (Å²) in [5.41, 5.74) is 7.81. The molecule has 114 valence electrons. The van der Waals surface area contributed by atoms with E-state index in [2.05, 4.69) is 13.0 Å². The Bertz CT molecular complexity index is 378. The number of aryl methyl sites for hydroxylation is 1. The molecule has 0 aliphatic rings. The van der Waals surface area contributed by atoms with Crippen LogP contribution in [0.4, 0.5) is 0 Å². The van der Waals surface area contributed by atoms with E-state index in [1.54, 1.807) is 7.11 Å². The first-order valence-electron chi connectivity index (χ1n) is 7.14. The molecular formula is C16H27NO3. The highest BCUT2D eigenvalue weighted by Gasteiger charge is 2.31. The van der Waals surface area contributed by atoms with Gasteiger partial charge >= 0.3 is 0 Å². The van der Waals surface area contributed by atoms with Crippen molar-refractivity contribution in [2.45, 2.75) is 25.2 Å². The molecule has 4 nitrogen and oxygen atoms in total. The highest BCUT2D eigenvalue weighted by molar-refractivity contribution is 5.34. The van der Waals surface area contributed by atoms with Crippen LogP contribution in [0.25, 0.3) is 0 Å². The summed E-state index contributed by atoms with van der Waals surface area (Å²) in [6.07, 6.45) is 1.60. The summed E-state index contributed by atoms with van der Waals surface area (Å²) >= 11 is 0. The minimum Gasteiger partial charge on any atom is -0.395 e. The van der Waals surface area contributed by atoms with Crippen molar-refractivity contribution < 1.29 is 14.6 Å². The predicted octanol–water partition coefficient (Wildman–Crippen LogP) is 1.63. The molecule has 0 aromatic heterocycles. The highest BCUT2D eigenvalue weighted by Crippen LogP contribution is 2.29. The minimum absolute atomic E-state index is 0.0375. The lowest BCUT2D eigenvalue weighted by Crippen LogP contribution is -2.40. The van der Waals surface area contributed by atoms with Gasteiger partial charge in [-0.3, -0.25) is 0 Å². The summed E-state index contributed by atoms with van der Waals surface area (Å²) in [5, 5.41) is 9.84. The number of ether oxygens (including phenoxy) is 2. The second-order valence-corrected chi connectivity index (χ2v) is 5.17. The average Bonchev–Trinajstić information content (AvgIpc) is 2.48. The second kappa shape index (κ2) is 9.08. The van der Waals surface area contributed by atoms with Gasteiger partial charge in [-0.15, -0.1) is 0 Å². The molecule has 0 saturated carbocycles. The lowest BCUT2D eigenvalue weighted by Gasteiger charge is -2.32. The zero-order valence-corrected chi connectivity index (χ0v) is 12.6. The van der Waals surface area contributed by atoms with E-state index in [0.717, 1.165) is 24.0 Å². The molecule has 0 bridgehead atoms. The lowest BCUT2D eigenvalue weighted by molar-refractivity contribution is 0.0781. The van der Waals surface area contributed by atoms with E-state index in [-0.39, 0.29) is 6.61 Å². The molecule has 0 spiro atoms. The van der Waals surface area contributed by atoms with Gasteiger partial charge in [-0.25, -0.2) is 0 Å². The Morgan fingerprint density at radius 3 is 2.55 bits per heavy atom. The molecule has 0 aliphatic carbocycles. The minimum atomic E-state index is -0.410. The monoisotopic (exact) mass is 281 g/mol. The number of nitrogens with two attached hydrogens (primary N) is 1. The Morgan fingerprint density at radius 1 is 1.20 bits per heavy atom. The first-order valence-corrected chi connectivity index (χ1v) is 7.14. The fourth-order valence-corrected chi connectivity index (χ4v) is 2.42. The molecule has 3 N–H and O–H groups in total. The molecule has 0 heterocycles. The summed E-state index contributed by atoms with van der Waals surface area (Å²) in [6.45, 7) is 4.48. The summed E-state index contributed by atoms with van der Waals surface area (Å²) in [7, 11) is 1.68. The molecule has 1 unspecified atom stereocenters. The van der Waals surface area contributed by atoms with E-state index < -0.39 is 5.41 Å². The molecule has 0 radical (unpaired) electrons. The number of benzene rings is 1.